The van der Waals surface area contributed by atoms with Gasteiger partial charge in [0.05, 0.1) is 22.2 Å². The van der Waals surface area contributed by atoms with Gasteiger partial charge in [0, 0.05) is 38.2 Å². The lowest BCUT2D eigenvalue weighted by molar-refractivity contribution is -0.120. The zero-order valence-corrected chi connectivity index (χ0v) is 14.3. The fourth-order valence-electron chi connectivity index (χ4n) is 2.46. The lowest BCUT2D eigenvalue weighted by atomic mass is 10.0. The van der Waals surface area contributed by atoms with Crippen LogP contribution in [0.25, 0.3) is 5.65 Å². The summed E-state index contributed by atoms with van der Waals surface area (Å²) in [6.45, 7) is 0.496. The number of imidazole rings is 1. The SMILES string of the molecule is C#CCCC1(CCNC(=O)Cc2cn3cc(Cl)cc(Cl)c3n2)N=N1. The minimum absolute atomic E-state index is 0.117. The van der Waals surface area contributed by atoms with Crippen molar-refractivity contribution in [3.05, 3.63) is 34.2 Å². The van der Waals surface area contributed by atoms with Crippen LogP contribution in [0.5, 0.6) is 0 Å². The number of carbonyl (C=O) groups is 1. The minimum atomic E-state index is -0.382. The van der Waals surface area contributed by atoms with Crippen molar-refractivity contribution in [3.8, 4) is 12.3 Å². The van der Waals surface area contributed by atoms with Gasteiger partial charge < -0.3 is 9.72 Å². The van der Waals surface area contributed by atoms with Crippen molar-refractivity contribution in [2.24, 2.45) is 10.2 Å². The van der Waals surface area contributed by atoms with Crippen LogP contribution in [0.4, 0.5) is 0 Å². The summed E-state index contributed by atoms with van der Waals surface area (Å²) in [6.07, 6.45) is 10.9. The number of fused-ring (bicyclic) bond motifs is 1. The Bertz CT molecular complexity index is 846. The maximum atomic E-state index is 12.0. The zero-order valence-electron chi connectivity index (χ0n) is 12.8. The van der Waals surface area contributed by atoms with Gasteiger partial charge in [0.1, 0.15) is 0 Å². The molecule has 3 heterocycles. The molecule has 6 nitrogen and oxygen atoms in total. The lowest BCUT2D eigenvalue weighted by Crippen LogP contribution is -2.29. The van der Waals surface area contributed by atoms with E-state index in [2.05, 4.69) is 26.4 Å². The lowest BCUT2D eigenvalue weighted by Gasteiger charge is -2.09. The van der Waals surface area contributed by atoms with Crippen LogP contribution < -0.4 is 5.32 Å². The van der Waals surface area contributed by atoms with Crippen molar-refractivity contribution in [3.63, 3.8) is 0 Å². The van der Waals surface area contributed by atoms with Gasteiger partial charge in [0.15, 0.2) is 11.3 Å². The first-order valence-electron chi connectivity index (χ1n) is 7.48. The number of carbonyl (C=O) groups excluding carboxylic acids is 1. The molecule has 0 unspecified atom stereocenters. The third kappa shape index (κ3) is 3.86. The van der Waals surface area contributed by atoms with Crippen molar-refractivity contribution < 1.29 is 4.79 Å². The van der Waals surface area contributed by atoms with Gasteiger partial charge in [0.25, 0.3) is 0 Å². The summed E-state index contributed by atoms with van der Waals surface area (Å²) in [4.78, 5) is 16.4. The van der Waals surface area contributed by atoms with Gasteiger partial charge in [0.2, 0.25) is 5.91 Å². The van der Waals surface area contributed by atoms with Crippen LogP contribution in [-0.2, 0) is 11.2 Å². The van der Waals surface area contributed by atoms with E-state index in [1.165, 1.54) is 0 Å². The van der Waals surface area contributed by atoms with Crippen LogP contribution >= 0.6 is 23.2 Å². The topological polar surface area (TPSA) is 71.1 Å². The maximum Gasteiger partial charge on any atom is 0.226 e. The largest absolute Gasteiger partial charge is 0.356 e. The van der Waals surface area contributed by atoms with Gasteiger partial charge in [-0.25, -0.2) is 4.98 Å². The van der Waals surface area contributed by atoms with Crippen LogP contribution in [0.2, 0.25) is 10.0 Å². The average Bonchev–Trinajstić information content (AvgIpc) is 3.17. The van der Waals surface area contributed by atoms with Crippen LogP contribution in [0, 0.1) is 12.3 Å². The Morgan fingerprint density at radius 1 is 1.33 bits per heavy atom. The Kier molecular flexibility index (Phi) is 4.74. The summed E-state index contributed by atoms with van der Waals surface area (Å²) in [7, 11) is 0. The molecule has 0 aliphatic carbocycles. The van der Waals surface area contributed by atoms with Crippen molar-refractivity contribution in [2.75, 3.05) is 6.54 Å². The van der Waals surface area contributed by atoms with Crippen LogP contribution in [0.1, 0.15) is 25.0 Å². The van der Waals surface area contributed by atoms with Crippen LogP contribution in [0.3, 0.4) is 0 Å². The molecule has 0 saturated heterocycles. The van der Waals surface area contributed by atoms with Gasteiger partial charge in [-0.15, -0.1) is 12.3 Å². The first kappa shape index (κ1) is 16.7. The molecule has 8 heteroatoms. The second-order valence-electron chi connectivity index (χ2n) is 5.63. The molecule has 24 heavy (non-hydrogen) atoms. The molecule has 3 rings (SSSR count). The Morgan fingerprint density at radius 2 is 2.12 bits per heavy atom. The van der Waals surface area contributed by atoms with E-state index in [1.54, 1.807) is 22.9 Å². The molecule has 2 aromatic rings. The smallest absolute Gasteiger partial charge is 0.226 e. The Morgan fingerprint density at radius 3 is 2.83 bits per heavy atom. The van der Waals surface area contributed by atoms with Gasteiger partial charge in [-0.05, 0) is 6.07 Å². The highest BCUT2D eigenvalue weighted by molar-refractivity contribution is 6.36. The molecular formula is C16H15Cl2N5O. The quantitative estimate of drug-likeness (QED) is 0.766. The number of aromatic nitrogens is 2. The number of hydrogen-bond acceptors (Lipinski definition) is 4. The van der Waals surface area contributed by atoms with Crippen molar-refractivity contribution in [1.29, 1.82) is 0 Å². The molecule has 1 amide bonds. The summed E-state index contributed by atoms with van der Waals surface area (Å²) in [6, 6.07) is 1.62. The highest BCUT2D eigenvalue weighted by Gasteiger charge is 2.38. The van der Waals surface area contributed by atoms with E-state index in [1.807, 2.05) is 0 Å². The summed E-state index contributed by atoms with van der Waals surface area (Å²) >= 11 is 12.0. The zero-order chi connectivity index (χ0) is 17.2. The number of nitrogens with one attached hydrogen (secondary N) is 1. The summed E-state index contributed by atoms with van der Waals surface area (Å²) in [5, 5.41) is 11.9. The predicted molar refractivity (Wildman–Crippen MR) is 92.2 cm³/mol. The highest BCUT2D eigenvalue weighted by atomic mass is 35.5. The van der Waals surface area contributed by atoms with E-state index in [9.17, 15) is 4.79 Å². The molecule has 0 radical (unpaired) electrons. The Balaban J connectivity index is 1.52. The first-order chi connectivity index (χ1) is 11.5. The molecule has 1 aliphatic rings. The molecule has 0 atom stereocenters. The first-order valence-corrected chi connectivity index (χ1v) is 8.24. The van der Waals surface area contributed by atoms with Crippen molar-refractivity contribution >= 4 is 34.8 Å². The number of halogens is 2. The molecule has 124 valence electrons. The van der Waals surface area contributed by atoms with Crippen molar-refractivity contribution in [1.82, 2.24) is 14.7 Å². The van der Waals surface area contributed by atoms with E-state index < -0.39 is 0 Å². The van der Waals surface area contributed by atoms with Gasteiger partial charge in [-0.1, -0.05) is 23.2 Å². The standard InChI is InChI=1S/C16H15Cl2N5O/c1-2-3-4-16(21-22-16)5-6-19-14(24)8-12-10-23-9-11(17)7-13(18)15(23)20-12/h1,7,9-10H,3-6,8H2,(H,19,24). The molecule has 0 fully saturated rings. The molecular weight excluding hydrogens is 349 g/mol. The highest BCUT2D eigenvalue weighted by Crippen LogP contribution is 2.36. The van der Waals surface area contributed by atoms with E-state index in [0.717, 1.165) is 6.42 Å². The molecule has 0 bridgehead atoms. The van der Waals surface area contributed by atoms with Crippen LogP contribution in [0.15, 0.2) is 28.7 Å². The molecule has 1 aliphatic heterocycles. The molecule has 0 saturated carbocycles. The Hall–Kier alpha value is -2.10. The van der Waals surface area contributed by atoms with Crippen molar-refractivity contribution in [2.45, 2.75) is 31.3 Å². The average molecular weight is 364 g/mol. The Labute approximate surface area is 149 Å². The molecule has 0 aromatic carbocycles. The van der Waals surface area contributed by atoms with Crippen LogP contribution in [-0.4, -0.2) is 27.5 Å². The van der Waals surface area contributed by atoms with E-state index >= 15 is 0 Å². The van der Waals surface area contributed by atoms with E-state index in [-0.39, 0.29) is 18.0 Å². The summed E-state index contributed by atoms with van der Waals surface area (Å²) < 4.78 is 1.71. The summed E-state index contributed by atoms with van der Waals surface area (Å²) in [5.41, 5.74) is 0.819. The second kappa shape index (κ2) is 6.80. The molecule has 1 N–H and O–H groups in total. The van der Waals surface area contributed by atoms with Gasteiger partial charge in [-0.2, -0.15) is 10.2 Å². The summed E-state index contributed by atoms with van der Waals surface area (Å²) in [5.74, 6) is 2.46. The van der Waals surface area contributed by atoms with Gasteiger partial charge in [-0.3, -0.25) is 4.79 Å². The third-order valence-electron chi connectivity index (χ3n) is 3.76. The number of amides is 1. The number of terminal acetylenes is 1. The number of hydrogen-bond donors (Lipinski definition) is 1. The third-order valence-corrected chi connectivity index (χ3v) is 4.25. The van der Waals surface area contributed by atoms with E-state index in [0.29, 0.717) is 40.8 Å². The van der Waals surface area contributed by atoms with E-state index in [4.69, 9.17) is 29.6 Å². The normalized spacial score (nSPS) is 14.5. The van der Waals surface area contributed by atoms with Gasteiger partial charge >= 0.3 is 0 Å². The maximum absolute atomic E-state index is 12.0. The minimum Gasteiger partial charge on any atom is -0.356 e. The monoisotopic (exact) mass is 363 g/mol. The molecule has 0 spiro atoms. The fourth-order valence-corrected chi connectivity index (χ4v) is 2.99. The number of pyridine rings is 1. The fraction of sp³-hybridized carbons (Fsp3) is 0.375. The predicted octanol–water partition coefficient (Wildman–Crippen LogP) is 3.27. The molecule has 2 aromatic heterocycles. The number of nitrogens with zero attached hydrogens (tertiary/aromatic N) is 4. The second-order valence-corrected chi connectivity index (χ2v) is 6.48. The number of rotatable bonds is 7.